The first kappa shape index (κ1) is 50.1. The van der Waals surface area contributed by atoms with Crippen molar-refractivity contribution in [3.63, 3.8) is 0 Å². The zero-order chi connectivity index (χ0) is 45.3. The lowest BCUT2D eigenvalue weighted by Gasteiger charge is -2.44. The van der Waals surface area contributed by atoms with Crippen LogP contribution < -0.4 is 0 Å². The van der Waals surface area contributed by atoms with E-state index >= 15 is 0 Å². The van der Waals surface area contributed by atoms with Crippen LogP contribution in [0.2, 0.25) is 0 Å². The summed E-state index contributed by atoms with van der Waals surface area (Å²) in [4.78, 5) is 11.4. The molecule has 1 saturated heterocycles. The topological polar surface area (TPSA) is 35.5 Å². The number of hydrogen-bond donors (Lipinski definition) is 0. The molecule has 0 amide bonds. The molecule has 1 aliphatic heterocycles. The van der Waals surface area contributed by atoms with Gasteiger partial charge in [-0.15, -0.1) is 0 Å². The summed E-state index contributed by atoms with van der Waals surface area (Å²) >= 11 is 0. The van der Waals surface area contributed by atoms with Gasteiger partial charge in [0.25, 0.3) is 0 Å². The Morgan fingerprint density at radius 3 is 1.04 bits per heavy atom. The fraction of sp³-hybridized carbons (Fsp3) is 0.750. The predicted molar refractivity (Wildman–Crippen MR) is 134 cm³/mol. The number of benzene rings is 1. The molecule has 332 valence electrons. The predicted octanol–water partition coefficient (Wildman–Crippen LogP) is 12.0. The fourth-order valence-electron chi connectivity index (χ4n) is 4.84. The van der Waals surface area contributed by atoms with Crippen molar-refractivity contribution in [2.75, 3.05) is 13.2 Å². The van der Waals surface area contributed by atoms with Crippen molar-refractivity contribution in [3.8, 4) is 0 Å². The average Bonchev–Trinajstić information content (AvgIpc) is 3.05. The van der Waals surface area contributed by atoms with E-state index < -0.39 is 128 Å². The van der Waals surface area contributed by atoms with E-state index in [-0.39, 0.29) is 11.1 Å². The van der Waals surface area contributed by atoms with E-state index in [9.17, 15) is 119 Å². The Balaban J connectivity index is 2.58. The van der Waals surface area contributed by atoms with E-state index in [2.05, 4.69) is 0 Å². The highest BCUT2D eigenvalue weighted by Gasteiger charge is 2.92. The van der Waals surface area contributed by atoms with Crippen molar-refractivity contribution in [1.82, 2.24) is 0 Å². The Morgan fingerprint density at radius 2 is 0.772 bits per heavy atom. The maximum absolute atomic E-state index is 14.6. The van der Waals surface area contributed by atoms with Gasteiger partial charge in [-0.05, 0) is 19.8 Å². The molecule has 1 heterocycles. The maximum Gasteiger partial charge on any atom is 0.460 e. The summed E-state index contributed by atoms with van der Waals surface area (Å²) < 4.78 is 363. The third-order valence-corrected chi connectivity index (χ3v) is 8.61. The summed E-state index contributed by atoms with van der Waals surface area (Å²) in [7, 11) is 0. The molecule has 2 rings (SSSR count). The van der Waals surface area contributed by atoms with Gasteiger partial charge in [-0.3, -0.25) is 4.79 Å². The first-order chi connectivity index (χ1) is 24.9. The highest BCUT2D eigenvalue weighted by molar-refractivity contribution is 5.94. The van der Waals surface area contributed by atoms with Crippen molar-refractivity contribution in [2.45, 2.75) is 110 Å². The zero-order valence-electron chi connectivity index (χ0n) is 27.2. The fourth-order valence-corrected chi connectivity index (χ4v) is 4.84. The molecule has 0 unspecified atom stereocenters. The molecule has 1 aromatic carbocycles. The van der Waals surface area contributed by atoms with E-state index in [4.69, 9.17) is 9.47 Å². The number of carbonyl (C=O) groups excluding carboxylic acids is 1. The standard InChI is InChI=1S/C28H20F26O3/c1-12(55)13-2-4-14(5-3-13)15-56-10-16(11-57-15,6-8-17(29,30)19(33,34)21(37,38)23(41,42)25(45,46)27(49,50)51)7-9-18(31,32)20(35,36)22(39,40)24(43,44)26(47,48)28(52,53)54/h2-5,15H,6-11H2,1H3. The quantitative estimate of drug-likeness (QED) is 0.122. The largest absolute Gasteiger partial charge is 0.460 e. The van der Waals surface area contributed by atoms with Gasteiger partial charge in [-0.1, -0.05) is 24.3 Å². The summed E-state index contributed by atoms with van der Waals surface area (Å²) in [5, 5.41) is 0. The molecule has 1 aliphatic rings. The van der Waals surface area contributed by atoms with Crippen LogP contribution in [0.3, 0.4) is 0 Å². The first-order valence-electron chi connectivity index (χ1n) is 14.6. The van der Waals surface area contributed by atoms with Gasteiger partial charge in [-0.25, -0.2) is 0 Å². The van der Waals surface area contributed by atoms with E-state index in [1.807, 2.05) is 0 Å². The van der Waals surface area contributed by atoms with Crippen molar-refractivity contribution in [3.05, 3.63) is 35.4 Å². The van der Waals surface area contributed by atoms with Crippen molar-refractivity contribution in [1.29, 1.82) is 0 Å². The number of hydrogen-bond acceptors (Lipinski definition) is 3. The normalized spacial score (nSPS) is 18.2. The van der Waals surface area contributed by atoms with Crippen LogP contribution in [0.15, 0.2) is 24.3 Å². The van der Waals surface area contributed by atoms with Gasteiger partial charge in [0, 0.05) is 29.4 Å². The van der Waals surface area contributed by atoms with E-state index in [1.165, 1.54) is 0 Å². The number of ketones is 1. The summed E-state index contributed by atoms with van der Waals surface area (Å²) in [6.07, 6.45) is -28.8. The molecule has 3 nitrogen and oxygen atoms in total. The number of carbonyl (C=O) groups is 1. The molecule has 57 heavy (non-hydrogen) atoms. The second-order valence-electron chi connectivity index (χ2n) is 12.6. The Kier molecular flexibility index (Phi) is 12.9. The van der Waals surface area contributed by atoms with Crippen molar-refractivity contribution < 1.29 is 128 Å². The molecule has 1 aromatic rings. The van der Waals surface area contributed by atoms with Crippen LogP contribution in [0.5, 0.6) is 0 Å². The minimum Gasteiger partial charge on any atom is -0.348 e. The van der Waals surface area contributed by atoms with Gasteiger partial charge in [-0.2, -0.15) is 114 Å². The van der Waals surface area contributed by atoms with Crippen LogP contribution in [-0.4, -0.2) is 90.6 Å². The number of halogens is 26. The lowest BCUT2D eigenvalue weighted by Crippen LogP contribution is -2.70. The van der Waals surface area contributed by atoms with Gasteiger partial charge in [0.15, 0.2) is 12.1 Å². The smallest absolute Gasteiger partial charge is 0.348 e. The molecule has 0 N–H and O–H groups in total. The molecule has 0 bridgehead atoms. The average molecular weight is 898 g/mol. The van der Waals surface area contributed by atoms with Crippen molar-refractivity contribution >= 4 is 5.78 Å². The molecule has 0 aliphatic carbocycles. The second-order valence-corrected chi connectivity index (χ2v) is 12.6. The zero-order valence-corrected chi connectivity index (χ0v) is 27.2. The molecule has 1 fully saturated rings. The summed E-state index contributed by atoms with van der Waals surface area (Å²) in [5.41, 5.74) is -3.56. The monoisotopic (exact) mass is 898 g/mol. The minimum atomic E-state index is -8.41. The molecule has 0 saturated carbocycles. The molecule has 0 aromatic heterocycles. The maximum atomic E-state index is 14.6. The summed E-state index contributed by atoms with van der Waals surface area (Å²) in [6, 6.07) is 3.98. The van der Waals surface area contributed by atoms with Crippen LogP contribution in [0.4, 0.5) is 114 Å². The molecule has 0 spiro atoms. The van der Waals surface area contributed by atoms with Crippen LogP contribution in [-0.2, 0) is 9.47 Å². The third-order valence-electron chi connectivity index (χ3n) is 8.61. The van der Waals surface area contributed by atoms with Crippen LogP contribution in [0.25, 0.3) is 0 Å². The molecule has 0 atom stereocenters. The van der Waals surface area contributed by atoms with Gasteiger partial charge in [0.05, 0.1) is 13.2 Å². The van der Waals surface area contributed by atoms with Crippen LogP contribution in [0, 0.1) is 5.41 Å². The van der Waals surface area contributed by atoms with Gasteiger partial charge in [0.1, 0.15) is 0 Å². The SMILES string of the molecule is CC(=O)c1ccc(C2OCC(CCC(F)(F)C(F)(F)C(F)(F)C(F)(F)C(F)(F)C(F)(F)F)(CCC(F)(F)C(F)(F)C(F)(F)C(F)(F)C(F)(F)C(F)(F)F)CO2)cc1. The van der Waals surface area contributed by atoms with Gasteiger partial charge < -0.3 is 9.47 Å². The number of Topliss-reactive ketones (excluding diaryl/α,β-unsaturated/α-hetero) is 1. The van der Waals surface area contributed by atoms with E-state index in [0.29, 0.717) is 0 Å². The second kappa shape index (κ2) is 14.6. The van der Waals surface area contributed by atoms with Crippen LogP contribution in [0.1, 0.15) is 54.8 Å². The molecule has 0 radical (unpaired) electrons. The molecular weight excluding hydrogens is 878 g/mol. The Morgan fingerprint density at radius 1 is 0.491 bits per heavy atom. The molecular formula is C28H20F26O3. The van der Waals surface area contributed by atoms with Crippen LogP contribution >= 0.6 is 0 Å². The number of alkyl halides is 26. The number of rotatable bonds is 16. The van der Waals surface area contributed by atoms with E-state index in [1.54, 1.807) is 0 Å². The van der Waals surface area contributed by atoms with Gasteiger partial charge in [0.2, 0.25) is 0 Å². The number of ether oxygens (including phenoxy) is 2. The van der Waals surface area contributed by atoms with Crippen molar-refractivity contribution in [2.24, 2.45) is 5.41 Å². The highest BCUT2D eigenvalue weighted by Crippen LogP contribution is 2.63. The Bertz CT molecular complexity index is 1490. The Hall–Kier alpha value is -3.01. The first-order valence-corrected chi connectivity index (χ1v) is 14.6. The lowest BCUT2D eigenvalue weighted by atomic mass is 9.76. The van der Waals surface area contributed by atoms with E-state index in [0.717, 1.165) is 31.2 Å². The Labute approximate surface area is 299 Å². The minimum absolute atomic E-state index is 0.0408. The van der Waals surface area contributed by atoms with Gasteiger partial charge >= 0.3 is 71.6 Å². The lowest BCUT2D eigenvalue weighted by molar-refractivity contribution is -0.441. The highest BCUT2D eigenvalue weighted by atomic mass is 19.4. The molecule has 29 heteroatoms. The third kappa shape index (κ3) is 8.03. The summed E-state index contributed by atoms with van der Waals surface area (Å²) in [5.74, 6) is -80.4. The summed E-state index contributed by atoms with van der Waals surface area (Å²) in [6.45, 7) is -2.37.